The Morgan fingerprint density at radius 3 is 2.59 bits per heavy atom. The number of aromatic nitrogens is 2. The summed E-state index contributed by atoms with van der Waals surface area (Å²) in [6.07, 6.45) is 0.600. The minimum atomic E-state index is 0.136. The standard InChI is InChI=1S/C14H18N2O/c1-10-6-4-5-7-12(10)14-11(2)15-13(8-9-17)16(14)3/h4-7,17H,8-9H2,1-3H3. The minimum absolute atomic E-state index is 0.136. The zero-order chi connectivity index (χ0) is 12.4. The number of benzene rings is 1. The number of hydrogen-bond donors (Lipinski definition) is 1. The highest BCUT2D eigenvalue weighted by Gasteiger charge is 2.13. The summed E-state index contributed by atoms with van der Waals surface area (Å²) in [4.78, 5) is 4.52. The van der Waals surface area contributed by atoms with Crippen LogP contribution in [0.3, 0.4) is 0 Å². The van der Waals surface area contributed by atoms with E-state index < -0.39 is 0 Å². The maximum atomic E-state index is 9.02. The number of aryl methyl sites for hydroxylation is 2. The van der Waals surface area contributed by atoms with Gasteiger partial charge in [-0.2, -0.15) is 0 Å². The third-order valence-corrected chi connectivity index (χ3v) is 3.10. The van der Waals surface area contributed by atoms with Gasteiger partial charge < -0.3 is 9.67 Å². The lowest BCUT2D eigenvalue weighted by atomic mass is 10.0. The third-order valence-electron chi connectivity index (χ3n) is 3.10. The molecule has 0 bridgehead atoms. The lowest BCUT2D eigenvalue weighted by Crippen LogP contribution is -2.02. The fourth-order valence-electron chi connectivity index (χ4n) is 2.23. The van der Waals surface area contributed by atoms with E-state index in [1.807, 2.05) is 26.1 Å². The normalized spacial score (nSPS) is 10.8. The predicted molar refractivity (Wildman–Crippen MR) is 68.9 cm³/mol. The summed E-state index contributed by atoms with van der Waals surface area (Å²) in [7, 11) is 2.01. The molecule has 1 N–H and O–H groups in total. The molecule has 0 spiro atoms. The zero-order valence-electron chi connectivity index (χ0n) is 10.6. The summed E-state index contributed by atoms with van der Waals surface area (Å²) < 4.78 is 2.08. The van der Waals surface area contributed by atoms with Crippen molar-refractivity contribution in [2.75, 3.05) is 6.61 Å². The van der Waals surface area contributed by atoms with E-state index in [4.69, 9.17) is 5.11 Å². The summed E-state index contributed by atoms with van der Waals surface area (Å²) in [6.45, 7) is 4.26. The Kier molecular flexibility index (Phi) is 3.29. The Hall–Kier alpha value is -1.61. The van der Waals surface area contributed by atoms with Gasteiger partial charge in [-0.1, -0.05) is 24.3 Å². The van der Waals surface area contributed by atoms with Crippen LogP contribution in [-0.4, -0.2) is 21.3 Å². The van der Waals surface area contributed by atoms with Crippen LogP contribution in [-0.2, 0) is 13.5 Å². The van der Waals surface area contributed by atoms with E-state index >= 15 is 0 Å². The molecule has 0 saturated heterocycles. The predicted octanol–water partition coefficient (Wildman–Crippen LogP) is 2.24. The van der Waals surface area contributed by atoms with Gasteiger partial charge in [-0.3, -0.25) is 0 Å². The molecule has 3 nitrogen and oxygen atoms in total. The van der Waals surface area contributed by atoms with Crippen molar-refractivity contribution in [2.45, 2.75) is 20.3 Å². The maximum absolute atomic E-state index is 9.02. The first-order chi connectivity index (χ1) is 8.15. The smallest absolute Gasteiger partial charge is 0.111 e. The molecule has 3 heteroatoms. The second-order valence-electron chi connectivity index (χ2n) is 4.31. The number of rotatable bonds is 3. The Morgan fingerprint density at radius 1 is 1.24 bits per heavy atom. The molecule has 1 aromatic heterocycles. The molecule has 2 aromatic rings. The largest absolute Gasteiger partial charge is 0.396 e. The van der Waals surface area contributed by atoms with E-state index in [-0.39, 0.29) is 6.61 Å². The van der Waals surface area contributed by atoms with Gasteiger partial charge in [-0.05, 0) is 19.4 Å². The molecule has 17 heavy (non-hydrogen) atoms. The van der Waals surface area contributed by atoms with Crippen molar-refractivity contribution in [1.29, 1.82) is 0 Å². The Balaban J connectivity index is 2.56. The van der Waals surface area contributed by atoms with E-state index in [9.17, 15) is 0 Å². The van der Waals surface area contributed by atoms with Crippen molar-refractivity contribution in [2.24, 2.45) is 7.05 Å². The molecule has 0 fully saturated rings. The zero-order valence-corrected chi connectivity index (χ0v) is 10.6. The van der Waals surface area contributed by atoms with Crippen LogP contribution in [0.1, 0.15) is 17.1 Å². The van der Waals surface area contributed by atoms with E-state index in [1.165, 1.54) is 11.1 Å². The summed E-state index contributed by atoms with van der Waals surface area (Å²) in [5.41, 5.74) is 4.62. The lowest BCUT2D eigenvalue weighted by Gasteiger charge is -2.09. The first kappa shape index (κ1) is 11.9. The molecular weight excluding hydrogens is 212 g/mol. The molecule has 0 aliphatic rings. The van der Waals surface area contributed by atoms with Gasteiger partial charge in [0, 0.05) is 19.0 Å². The van der Waals surface area contributed by atoms with Crippen LogP contribution in [0.25, 0.3) is 11.3 Å². The number of aliphatic hydroxyl groups is 1. The molecule has 0 saturated carbocycles. The molecule has 0 amide bonds. The highest BCUT2D eigenvalue weighted by molar-refractivity contribution is 5.66. The third kappa shape index (κ3) is 2.11. The minimum Gasteiger partial charge on any atom is -0.396 e. The number of imidazole rings is 1. The summed E-state index contributed by atoms with van der Waals surface area (Å²) >= 11 is 0. The highest BCUT2D eigenvalue weighted by atomic mass is 16.3. The van der Waals surface area contributed by atoms with Gasteiger partial charge in [0.2, 0.25) is 0 Å². The summed E-state index contributed by atoms with van der Waals surface area (Å²) in [6, 6.07) is 8.30. The van der Waals surface area contributed by atoms with Crippen molar-refractivity contribution in [3.63, 3.8) is 0 Å². The average Bonchev–Trinajstić information content (AvgIpc) is 2.57. The first-order valence-corrected chi connectivity index (χ1v) is 5.84. The second kappa shape index (κ2) is 4.72. The molecule has 90 valence electrons. The van der Waals surface area contributed by atoms with E-state index in [1.54, 1.807) is 0 Å². The fourth-order valence-corrected chi connectivity index (χ4v) is 2.23. The lowest BCUT2D eigenvalue weighted by molar-refractivity contribution is 0.295. The molecule has 2 rings (SSSR count). The Morgan fingerprint density at radius 2 is 1.94 bits per heavy atom. The van der Waals surface area contributed by atoms with Gasteiger partial charge in [0.15, 0.2) is 0 Å². The van der Waals surface area contributed by atoms with Crippen molar-refractivity contribution in [3.8, 4) is 11.3 Å². The van der Waals surface area contributed by atoms with Crippen molar-refractivity contribution in [1.82, 2.24) is 9.55 Å². The summed E-state index contributed by atoms with van der Waals surface area (Å²) in [5, 5.41) is 9.02. The van der Waals surface area contributed by atoms with Crippen LogP contribution in [0.4, 0.5) is 0 Å². The fraction of sp³-hybridized carbons (Fsp3) is 0.357. The van der Waals surface area contributed by atoms with Crippen LogP contribution in [0.15, 0.2) is 24.3 Å². The molecule has 0 atom stereocenters. The topological polar surface area (TPSA) is 38.1 Å². The number of hydrogen-bond acceptors (Lipinski definition) is 2. The van der Waals surface area contributed by atoms with E-state index in [2.05, 4.69) is 28.6 Å². The SMILES string of the molecule is Cc1ccccc1-c1c(C)nc(CCO)n1C. The molecule has 0 radical (unpaired) electrons. The van der Waals surface area contributed by atoms with Gasteiger partial charge in [0.25, 0.3) is 0 Å². The van der Waals surface area contributed by atoms with Crippen molar-refractivity contribution >= 4 is 0 Å². The van der Waals surface area contributed by atoms with Gasteiger partial charge in [-0.25, -0.2) is 4.98 Å². The van der Waals surface area contributed by atoms with Crippen molar-refractivity contribution < 1.29 is 5.11 Å². The van der Waals surface area contributed by atoms with Crippen LogP contribution in [0, 0.1) is 13.8 Å². The monoisotopic (exact) mass is 230 g/mol. The molecule has 0 aliphatic heterocycles. The van der Waals surface area contributed by atoms with Crippen LogP contribution in [0.5, 0.6) is 0 Å². The molecule has 0 aliphatic carbocycles. The van der Waals surface area contributed by atoms with Gasteiger partial charge in [0.1, 0.15) is 5.82 Å². The van der Waals surface area contributed by atoms with Gasteiger partial charge in [0.05, 0.1) is 18.0 Å². The Labute approximate surface area is 102 Å². The van der Waals surface area contributed by atoms with Crippen LogP contribution >= 0.6 is 0 Å². The number of aliphatic hydroxyl groups excluding tert-OH is 1. The van der Waals surface area contributed by atoms with E-state index in [0.29, 0.717) is 6.42 Å². The molecule has 1 aromatic carbocycles. The van der Waals surface area contributed by atoms with Crippen molar-refractivity contribution in [3.05, 3.63) is 41.3 Å². The van der Waals surface area contributed by atoms with Crippen LogP contribution < -0.4 is 0 Å². The molecular formula is C14H18N2O. The second-order valence-corrected chi connectivity index (χ2v) is 4.31. The maximum Gasteiger partial charge on any atom is 0.111 e. The van der Waals surface area contributed by atoms with E-state index in [0.717, 1.165) is 17.2 Å². The first-order valence-electron chi connectivity index (χ1n) is 5.84. The average molecular weight is 230 g/mol. The molecule has 0 unspecified atom stereocenters. The molecule has 1 heterocycles. The highest BCUT2D eigenvalue weighted by Crippen LogP contribution is 2.26. The van der Waals surface area contributed by atoms with Crippen LogP contribution in [0.2, 0.25) is 0 Å². The van der Waals surface area contributed by atoms with Gasteiger partial charge >= 0.3 is 0 Å². The number of nitrogens with zero attached hydrogens (tertiary/aromatic N) is 2. The van der Waals surface area contributed by atoms with Gasteiger partial charge in [-0.15, -0.1) is 0 Å². The quantitative estimate of drug-likeness (QED) is 0.878. The summed E-state index contributed by atoms with van der Waals surface area (Å²) in [5.74, 6) is 0.934. The Bertz CT molecular complexity index is 529.